The van der Waals surface area contributed by atoms with Gasteiger partial charge in [-0.2, -0.15) is 0 Å². The minimum absolute atomic E-state index is 0.0538. The molecule has 0 atom stereocenters. The van der Waals surface area contributed by atoms with Crippen LogP contribution in [0.2, 0.25) is 5.02 Å². The highest BCUT2D eigenvalue weighted by Gasteiger charge is 2.29. The predicted octanol–water partition coefficient (Wildman–Crippen LogP) is 5.16. The molecule has 6 nitrogen and oxygen atoms in total. The fourth-order valence-electron chi connectivity index (χ4n) is 3.56. The monoisotopic (exact) mass is 468 g/mol. The molecule has 0 fully saturated rings. The predicted molar refractivity (Wildman–Crippen MR) is 122 cm³/mol. The molecule has 1 aliphatic heterocycles. The molecule has 160 valence electrons. The van der Waals surface area contributed by atoms with Gasteiger partial charge in [-0.25, -0.2) is 12.8 Å². The average Bonchev–Trinajstić information content (AvgIpc) is 2.78. The second kappa shape index (κ2) is 7.58. The Bertz CT molecular complexity index is 1580. The summed E-state index contributed by atoms with van der Waals surface area (Å²) in [4.78, 5) is 16.6. The van der Waals surface area contributed by atoms with E-state index in [1.165, 1.54) is 42.6 Å². The summed E-state index contributed by atoms with van der Waals surface area (Å²) >= 11 is 6.33. The second-order valence-corrected chi connectivity index (χ2v) is 9.36. The minimum Gasteiger partial charge on any atom is -0.456 e. The molecule has 0 saturated heterocycles. The maximum Gasteiger partial charge on any atom is 0.264 e. The molecular formula is C23H14ClFN2O4S. The average molecular weight is 469 g/mol. The largest absolute Gasteiger partial charge is 0.456 e. The van der Waals surface area contributed by atoms with Crippen molar-refractivity contribution >= 4 is 50.2 Å². The normalized spacial score (nSPS) is 13.4. The van der Waals surface area contributed by atoms with E-state index >= 15 is 0 Å². The number of fused-ring (bicyclic) bond motifs is 2. The van der Waals surface area contributed by atoms with Gasteiger partial charge in [-0.05, 0) is 42.5 Å². The first-order valence-corrected chi connectivity index (χ1v) is 11.3. The Balaban J connectivity index is 1.64. The second-order valence-electron chi connectivity index (χ2n) is 7.09. The van der Waals surface area contributed by atoms with Crippen molar-refractivity contribution in [1.82, 2.24) is 0 Å². The van der Waals surface area contributed by atoms with Crippen LogP contribution in [0.3, 0.4) is 0 Å². The Hall–Kier alpha value is -3.49. The highest BCUT2D eigenvalue weighted by Crippen LogP contribution is 2.37. The Labute approximate surface area is 187 Å². The van der Waals surface area contributed by atoms with Crippen molar-refractivity contribution in [3.63, 3.8) is 0 Å². The third kappa shape index (κ3) is 3.37. The molecule has 1 aliphatic rings. The molecule has 3 aromatic carbocycles. The summed E-state index contributed by atoms with van der Waals surface area (Å²) in [5.74, 6) is -0.432. The first kappa shape index (κ1) is 20.4. The van der Waals surface area contributed by atoms with Crippen LogP contribution in [0, 0.1) is 5.82 Å². The summed E-state index contributed by atoms with van der Waals surface area (Å²) in [5.41, 5.74) is 0.816. The minimum atomic E-state index is -4.10. The van der Waals surface area contributed by atoms with Crippen molar-refractivity contribution in [3.05, 3.63) is 87.8 Å². The van der Waals surface area contributed by atoms with Crippen LogP contribution in [-0.2, 0) is 10.0 Å². The molecule has 0 radical (unpaired) electrons. The SMILES string of the molecule is O=c1cc(-c2cc(S(=O)(=O)N3CC=Nc4ccc(F)cc43)ccc2Cl)oc2ccccc12. The molecule has 1 aromatic heterocycles. The van der Waals surface area contributed by atoms with Crippen molar-refractivity contribution < 1.29 is 17.2 Å². The van der Waals surface area contributed by atoms with Crippen molar-refractivity contribution in [3.8, 4) is 11.3 Å². The Morgan fingerprint density at radius 3 is 2.69 bits per heavy atom. The molecule has 0 aliphatic carbocycles. The maximum absolute atomic E-state index is 13.8. The molecule has 2 heterocycles. The van der Waals surface area contributed by atoms with Crippen LogP contribution in [0.1, 0.15) is 0 Å². The smallest absolute Gasteiger partial charge is 0.264 e. The zero-order valence-corrected chi connectivity index (χ0v) is 17.9. The first-order valence-electron chi connectivity index (χ1n) is 9.52. The van der Waals surface area contributed by atoms with Crippen LogP contribution in [-0.4, -0.2) is 21.2 Å². The molecular weight excluding hydrogens is 455 g/mol. The van der Waals surface area contributed by atoms with Gasteiger partial charge in [-0.1, -0.05) is 23.7 Å². The lowest BCUT2D eigenvalue weighted by molar-refractivity contribution is 0.592. The third-order valence-electron chi connectivity index (χ3n) is 5.11. The summed E-state index contributed by atoms with van der Waals surface area (Å²) in [6, 6.07) is 15.9. The number of hydrogen-bond donors (Lipinski definition) is 0. The number of benzene rings is 3. The third-order valence-corrected chi connectivity index (χ3v) is 7.22. The lowest BCUT2D eigenvalue weighted by Gasteiger charge is -2.27. The van der Waals surface area contributed by atoms with Gasteiger partial charge in [0.1, 0.15) is 17.2 Å². The summed E-state index contributed by atoms with van der Waals surface area (Å²) in [7, 11) is -4.10. The van der Waals surface area contributed by atoms with E-state index in [1.54, 1.807) is 24.3 Å². The van der Waals surface area contributed by atoms with Gasteiger partial charge in [0.25, 0.3) is 10.0 Å². The quantitative estimate of drug-likeness (QED) is 0.416. The van der Waals surface area contributed by atoms with Gasteiger partial charge in [0.2, 0.25) is 0 Å². The molecule has 0 bridgehead atoms. The van der Waals surface area contributed by atoms with Crippen LogP contribution in [0.15, 0.2) is 85.8 Å². The highest BCUT2D eigenvalue weighted by atomic mass is 35.5. The van der Waals surface area contributed by atoms with Crippen molar-refractivity contribution in [1.29, 1.82) is 0 Å². The van der Waals surface area contributed by atoms with Gasteiger partial charge >= 0.3 is 0 Å². The van der Waals surface area contributed by atoms with Gasteiger partial charge in [0, 0.05) is 23.9 Å². The Morgan fingerprint density at radius 1 is 1.03 bits per heavy atom. The molecule has 9 heteroatoms. The topological polar surface area (TPSA) is 80.0 Å². The van der Waals surface area contributed by atoms with Gasteiger partial charge < -0.3 is 4.42 Å². The molecule has 0 amide bonds. The van der Waals surface area contributed by atoms with Gasteiger partial charge in [-0.3, -0.25) is 14.1 Å². The highest BCUT2D eigenvalue weighted by molar-refractivity contribution is 7.92. The van der Waals surface area contributed by atoms with Crippen molar-refractivity contribution in [2.45, 2.75) is 4.90 Å². The van der Waals surface area contributed by atoms with E-state index in [0.29, 0.717) is 16.7 Å². The lowest BCUT2D eigenvalue weighted by Crippen LogP contribution is -2.34. The summed E-state index contributed by atoms with van der Waals surface area (Å²) < 4.78 is 47.6. The molecule has 32 heavy (non-hydrogen) atoms. The van der Waals surface area contributed by atoms with Crippen LogP contribution < -0.4 is 9.73 Å². The first-order chi connectivity index (χ1) is 15.3. The number of para-hydroxylation sites is 1. The van der Waals surface area contributed by atoms with E-state index in [9.17, 15) is 17.6 Å². The Kier molecular flexibility index (Phi) is 4.83. The van der Waals surface area contributed by atoms with E-state index in [2.05, 4.69) is 4.99 Å². The summed E-state index contributed by atoms with van der Waals surface area (Å²) in [6.07, 6.45) is 1.44. The van der Waals surface area contributed by atoms with Crippen molar-refractivity contribution in [2.24, 2.45) is 4.99 Å². The number of aliphatic imine (C=N–C) groups is 1. The molecule has 0 unspecified atom stereocenters. The molecule has 0 N–H and O–H groups in total. The van der Waals surface area contributed by atoms with E-state index in [-0.39, 0.29) is 38.9 Å². The van der Waals surface area contributed by atoms with Crippen LogP contribution in [0.25, 0.3) is 22.3 Å². The van der Waals surface area contributed by atoms with Gasteiger partial charge in [0.05, 0.1) is 33.2 Å². The molecule has 0 spiro atoms. The number of sulfonamides is 1. The fraction of sp³-hybridized carbons (Fsp3) is 0.0435. The zero-order valence-electron chi connectivity index (χ0n) is 16.3. The molecule has 4 aromatic rings. The zero-order chi connectivity index (χ0) is 22.5. The number of halogens is 2. The van der Waals surface area contributed by atoms with E-state index < -0.39 is 15.8 Å². The van der Waals surface area contributed by atoms with E-state index in [1.807, 2.05) is 0 Å². The van der Waals surface area contributed by atoms with Crippen molar-refractivity contribution in [2.75, 3.05) is 10.8 Å². The molecule has 5 rings (SSSR count). The fourth-order valence-corrected chi connectivity index (χ4v) is 5.20. The number of rotatable bonds is 3. The van der Waals surface area contributed by atoms with Crippen LogP contribution in [0.4, 0.5) is 15.8 Å². The van der Waals surface area contributed by atoms with E-state index in [4.69, 9.17) is 16.0 Å². The number of hydrogen-bond acceptors (Lipinski definition) is 5. The summed E-state index contributed by atoms with van der Waals surface area (Å²) in [5, 5.41) is 0.622. The van der Waals surface area contributed by atoms with E-state index in [0.717, 1.165) is 10.4 Å². The van der Waals surface area contributed by atoms with Gasteiger partial charge in [-0.15, -0.1) is 0 Å². The number of anilines is 1. The summed E-state index contributed by atoms with van der Waals surface area (Å²) in [6.45, 7) is -0.0538. The van der Waals surface area contributed by atoms with Gasteiger partial charge in [0.15, 0.2) is 5.43 Å². The lowest BCUT2D eigenvalue weighted by atomic mass is 10.1. The molecule has 0 saturated carbocycles. The van der Waals surface area contributed by atoms with Crippen LogP contribution in [0.5, 0.6) is 0 Å². The van der Waals surface area contributed by atoms with Crippen LogP contribution >= 0.6 is 11.6 Å². The standard InChI is InChI=1S/C23H14ClFN2O4S/c24-18-7-6-15(12-17(18)23-13-21(28)16-3-1-2-4-22(16)31-23)32(29,30)27-10-9-26-19-8-5-14(25)11-20(19)27/h1-9,11-13H,10H2. The maximum atomic E-state index is 13.8. The number of nitrogens with zero attached hydrogens (tertiary/aromatic N) is 2. The Morgan fingerprint density at radius 2 is 1.84 bits per heavy atom.